The molecule has 86 valence electrons. The number of aromatic nitrogens is 3. The van der Waals surface area contributed by atoms with Crippen LogP contribution in [0.5, 0.6) is 0 Å². The van der Waals surface area contributed by atoms with Crippen LogP contribution in [-0.4, -0.2) is 14.5 Å². The molecule has 17 heavy (non-hydrogen) atoms. The van der Waals surface area contributed by atoms with E-state index in [0.29, 0.717) is 6.54 Å². The van der Waals surface area contributed by atoms with Crippen molar-refractivity contribution in [3.8, 4) is 0 Å². The van der Waals surface area contributed by atoms with Crippen molar-refractivity contribution in [2.75, 3.05) is 0 Å². The molecule has 3 rings (SSSR count). The third-order valence-corrected chi connectivity index (χ3v) is 4.35. The van der Waals surface area contributed by atoms with Crippen LogP contribution < -0.4 is 5.56 Å². The van der Waals surface area contributed by atoms with Crippen molar-refractivity contribution in [1.29, 1.82) is 0 Å². The number of aryl methyl sites for hydroxylation is 1. The first-order valence-corrected chi connectivity index (χ1v) is 6.83. The highest BCUT2D eigenvalue weighted by molar-refractivity contribution is 7.17. The number of hydrogen-bond acceptors (Lipinski definition) is 5. The first-order valence-electron chi connectivity index (χ1n) is 5.07. The monoisotopic (exact) mass is 263 g/mol. The van der Waals surface area contributed by atoms with Gasteiger partial charge in [-0.3, -0.25) is 9.36 Å². The molecule has 0 unspecified atom stereocenters. The van der Waals surface area contributed by atoms with Gasteiger partial charge in [-0.1, -0.05) is 0 Å². The van der Waals surface area contributed by atoms with Gasteiger partial charge in [0.1, 0.15) is 9.71 Å². The molecule has 0 saturated heterocycles. The van der Waals surface area contributed by atoms with E-state index in [9.17, 15) is 4.79 Å². The molecule has 0 radical (unpaired) electrons. The lowest BCUT2D eigenvalue weighted by molar-refractivity contribution is 0.744. The zero-order chi connectivity index (χ0) is 11.8. The first kappa shape index (κ1) is 10.6. The van der Waals surface area contributed by atoms with E-state index in [4.69, 9.17) is 0 Å². The summed E-state index contributed by atoms with van der Waals surface area (Å²) < 4.78 is 2.33. The van der Waals surface area contributed by atoms with E-state index in [-0.39, 0.29) is 5.56 Å². The lowest BCUT2D eigenvalue weighted by Gasteiger charge is -2.02. The van der Waals surface area contributed by atoms with Gasteiger partial charge in [0, 0.05) is 11.6 Å². The molecule has 0 spiro atoms. The summed E-state index contributed by atoms with van der Waals surface area (Å²) in [5.41, 5.74) is 1.89. The molecular formula is C11H9N3OS2. The van der Waals surface area contributed by atoms with Crippen LogP contribution in [0.4, 0.5) is 0 Å². The highest BCUT2D eigenvalue weighted by Crippen LogP contribution is 2.19. The van der Waals surface area contributed by atoms with Gasteiger partial charge in [0.05, 0.1) is 18.4 Å². The lowest BCUT2D eigenvalue weighted by atomic mass is 10.3. The molecule has 3 heterocycles. The Morgan fingerprint density at radius 2 is 2.24 bits per heavy atom. The van der Waals surface area contributed by atoms with E-state index in [1.807, 2.05) is 17.7 Å². The average Bonchev–Trinajstić information content (AvgIpc) is 2.93. The van der Waals surface area contributed by atoms with Gasteiger partial charge in [-0.2, -0.15) is 0 Å². The number of thiophene rings is 1. The summed E-state index contributed by atoms with van der Waals surface area (Å²) >= 11 is 3.00. The number of hydrogen-bond donors (Lipinski definition) is 0. The van der Waals surface area contributed by atoms with Crippen LogP contribution in [0.1, 0.15) is 10.6 Å². The van der Waals surface area contributed by atoms with Gasteiger partial charge in [-0.05, 0) is 17.9 Å². The van der Waals surface area contributed by atoms with E-state index < -0.39 is 0 Å². The Morgan fingerprint density at radius 3 is 3.00 bits per heavy atom. The van der Waals surface area contributed by atoms with Crippen molar-refractivity contribution in [3.63, 3.8) is 0 Å². The van der Waals surface area contributed by atoms with Crippen LogP contribution in [0.15, 0.2) is 28.1 Å². The van der Waals surface area contributed by atoms with Crippen molar-refractivity contribution in [1.82, 2.24) is 14.5 Å². The standard InChI is InChI=1S/C11H9N3OS2/c1-7-5-17-10-9(7)13-6-14(11(10)15)4-8-12-2-3-16-8/h2-3,5-6H,4H2,1H3. The summed E-state index contributed by atoms with van der Waals surface area (Å²) in [7, 11) is 0. The van der Waals surface area contributed by atoms with Crippen molar-refractivity contribution in [3.05, 3.63) is 44.2 Å². The Labute approximate surface area is 105 Å². The predicted octanol–water partition coefficient (Wildman–Crippen LogP) is 2.27. The second-order valence-corrected chi connectivity index (χ2v) is 5.56. The molecule has 4 nitrogen and oxygen atoms in total. The van der Waals surface area contributed by atoms with Crippen LogP contribution in [0.2, 0.25) is 0 Å². The van der Waals surface area contributed by atoms with Crippen LogP contribution in [-0.2, 0) is 6.54 Å². The molecule has 0 aliphatic rings. The third kappa shape index (κ3) is 1.79. The van der Waals surface area contributed by atoms with Gasteiger partial charge in [-0.15, -0.1) is 22.7 Å². The maximum Gasteiger partial charge on any atom is 0.271 e. The third-order valence-electron chi connectivity index (χ3n) is 2.51. The molecule has 6 heteroatoms. The molecule has 3 aromatic heterocycles. The van der Waals surface area contributed by atoms with Gasteiger partial charge in [-0.25, -0.2) is 9.97 Å². The van der Waals surface area contributed by atoms with Crippen LogP contribution in [0.3, 0.4) is 0 Å². The maximum absolute atomic E-state index is 12.2. The Morgan fingerprint density at radius 1 is 1.35 bits per heavy atom. The molecule has 0 N–H and O–H groups in total. The SMILES string of the molecule is Cc1csc2c(=O)n(Cc3nccs3)cnc12. The fourth-order valence-corrected chi connectivity index (χ4v) is 3.21. The summed E-state index contributed by atoms with van der Waals surface area (Å²) in [6.45, 7) is 2.47. The Bertz CT molecular complexity index is 712. The second-order valence-electron chi connectivity index (χ2n) is 3.70. The minimum absolute atomic E-state index is 0.0169. The largest absolute Gasteiger partial charge is 0.291 e. The number of fused-ring (bicyclic) bond motifs is 1. The fraction of sp³-hybridized carbons (Fsp3) is 0.182. The van der Waals surface area contributed by atoms with E-state index >= 15 is 0 Å². The summed E-state index contributed by atoms with van der Waals surface area (Å²) in [5, 5.41) is 4.79. The zero-order valence-corrected chi connectivity index (χ0v) is 10.7. The molecular weight excluding hydrogens is 254 g/mol. The Hall–Kier alpha value is -1.53. The summed E-state index contributed by atoms with van der Waals surface area (Å²) in [6, 6.07) is 0. The average molecular weight is 263 g/mol. The van der Waals surface area contributed by atoms with Gasteiger partial charge in [0.15, 0.2) is 0 Å². The van der Waals surface area contributed by atoms with Crippen molar-refractivity contribution < 1.29 is 0 Å². The normalized spacial score (nSPS) is 11.1. The quantitative estimate of drug-likeness (QED) is 0.712. The number of thiazole rings is 1. The number of rotatable bonds is 2. The second kappa shape index (κ2) is 4.05. The van der Waals surface area contributed by atoms with Crippen molar-refractivity contribution in [2.45, 2.75) is 13.5 Å². The Balaban J connectivity index is 2.12. The minimum Gasteiger partial charge on any atom is -0.291 e. The van der Waals surface area contributed by atoms with Gasteiger partial charge in [0.25, 0.3) is 5.56 Å². The summed E-state index contributed by atoms with van der Waals surface area (Å²) in [6.07, 6.45) is 3.35. The summed E-state index contributed by atoms with van der Waals surface area (Å²) in [5.74, 6) is 0. The maximum atomic E-state index is 12.2. The van der Waals surface area contributed by atoms with Crippen LogP contribution in [0, 0.1) is 6.92 Å². The van der Waals surface area contributed by atoms with Gasteiger partial charge < -0.3 is 0 Å². The summed E-state index contributed by atoms with van der Waals surface area (Å²) in [4.78, 5) is 20.7. The van der Waals surface area contributed by atoms with E-state index in [1.54, 1.807) is 28.4 Å². The fourth-order valence-electron chi connectivity index (χ4n) is 1.65. The van der Waals surface area contributed by atoms with Crippen LogP contribution >= 0.6 is 22.7 Å². The molecule has 0 fully saturated rings. The molecule has 0 aliphatic heterocycles. The van der Waals surface area contributed by atoms with Crippen molar-refractivity contribution >= 4 is 32.9 Å². The van der Waals surface area contributed by atoms with E-state index in [0.717, 1.165) is 20.8 Å². The molecule has 0 aromatic carbocycles. The lowest BCUT2D eigenvalue weighted by Crippen LogP contribution is -2.20. The highest BCUT2D eigenvalue weighted by atomic mass is 32.1. The smallest absolute Gasteiger partial charge is 0.271 e. The van der Waals surface area contributed by atoms with Gasteiger partial charge in [0.2, 0.25) is 0 Å². The molecule has 0 saturated carbocycles. The highest BCUT2D eigenvalue weighted by Gasteiger charge is 2.09. The molecule has 0 bridgehead atoms. The molecule has 0 aliphatic carbocycles. The van der Waals surface area contributed by atoms with Gasteiger partial charge >= 0.3 is 0 Å². The Kier molecular flexibility index (Phi) is 2.53. The van der Waals surface area contributed by atoms with Crippen molar-refractivity contribution in [2.24, 2.45) is 0 Å². The zero-order valence-electron chi connectivity index (χ0n) is 9.08. The van der Waals surface area contributed by atoms with Crippen LogP contribution in [0.25, 0.3) is 10.2 Å². The predicted molar refractivity (Wildman–Crippen MR) is 69.8 cm³/mol. The molecule has 0 atom stereocenters. The topological polar surface area (TPSA) is 47.8 Å². The van der Waals surface area contributed by atoms with E-state index in [1.165, 1.54) is 11.3 Å². The first-order chi connectivity index (χ1) is 8.25. The minimum atomic E-state index is 0.0169. The molecule has 3 aromatic rings. The van der Waals surface area contributed by atoms with E-state index in [2.05, 4.69) is 9.97 Å². The molecule has 0 amide bonds. The number of nitrogens with zero attached hydrogens (tertiary/aromatic N) is 3.